The SMILES string of the molecule is Cc1cnn(CCC(=O)N[C@@H](c2ccc(F)cc2)[C@@H]2CCCO2)c1. The minimum atomic E-state index is -0.287. The van der Waals surface area contributed by atoms with Crippen LogP contribution in [0.5, 0.6) is 0 Å². The molecule has 2 heterocycles. The van der Waals surface area contributed by atoms with Gasteiger partial charge in [0.2, 0.25) is 5.91 Å². The molecule has 1 aliphatic rings. The van der Waals surface area contributed by atoms with Crippen LogP contribution < -0.4 is 5.32 Å². The molecule has 0 aliphatic carbocycles. The Bertz CT molecular complexity index is 678. The largest absolute Gasteiger partial charge is 0.376 e. The van der Waals surface area contributed by atoms with E-state index in [2.05, 4.69) is 10.4 Å². The fraction of sp³-hybridized carbons (Fsp3) is 0.444. The highest BCUT2D eigenvalue weighted by Gasteiger charge is 2.28. The molecule has 6 heteroatoms. The first-order chi connectivity index (χ1) is 11.6. The molecule has 0 radical (unpaired) electrons. The molecule has 0 unspecified atom stereocenters. The van der Waals surface area contributed by atoms with Gasteiger partial charge in [0.15, 0.2) is 0 Å². The van der Waals surface area contributed by atoms with Gasteiger partial charge in [-0.1, -0.05) is 12.1 Å². The van der Waals surface area contributed by atoms with Gasteiger partial charge in [0.25, 0.3) is 0 Å². The van der Waals surface area contributed by atoms with Crippen LogP contribution in [0.25, 0.3) is 0 Å². The number of amides is 1. The van der Waals surface area contributed by atoms with Crippen LogP contribution >= 0.6 is 0 Å². The summed E-state index contributed by atoms with van der Waals surface area (Å²) in [6.45, 7) is 3.19. The summed E-state index contributed by atoms with van der Waals surface area (Å²) in [7, 11) is 0. The number of hydrogen-bond acceptors (Lipinski definition) is 3. The molecule has 1 saturated heterocycles. The Morgan fingerprint density at radius 1 is 1.46 bits per heavy atom. The Morgan fingerprint density at radius 2 is 2.25 bits per heavy atom. The summed E-state index contributed by atoms with van der Waals surface area (Å²) >= 11 is 0. The van der Waals surface area contributed by atoms with Crippen molar-refractivity contribution >= 4 is 5.91 Å². The van der Waals surface area contributed by atoms with Crippen LogP contribution in [0, 0.1) is 12.7 Å². The van der Waals surface area contributed by atoms with E-state index in [0.717, 1.165) is 24.0 Å². The second-order valence-corrected chi connectivity index (χ2v) is 6.18. The topological polar surface area (TPSA) is 56.2 Å². The second kappa shape index (κ2) is 7.57. The third-order valence-electron chi connectivity index (χ3n) is 4.21. The summed E-state index contributed by atoms with van der Waals surface area (Å²) in [5.41, 5.74) is 1.94. The lowest BCUT2D eigenvalue weighted by Gasteiger charge is -2.25. The van der Waals surface area contributed by atoms with Gasteiger partial charge in [-0.15, -0.1) is 0 Å². The molecule has 1 aromatic carbocycles. The van der Waals surface area contributed by atoms with Crippen LogP contribution in [-0.2, 0) is 16.1 Å². The average Bonchev–Trinajstić information content (AvgIpc) is 3.23. The molecule has 2 aromatic rings. The van der Waals surface area contributed by atoms with E-state index in [-0.39, 0.29) is 23.9 Å². The Hall–Kier alpha value is -2.21. The fourth-order valence-electron chi connectivity index (χ4n) is 2.98. The van der Waals surface area contributed by atoms with Gasteiger partial charge in [-0.05, 0) is 43.0 Å². The van der Waals surface area contributed by atoms with E-state index in [9.17, 15) is 9.18 Å². The molecule has 1 fully saturated rings. The number of ether oxygens (including phenoxy) is 1. The normalized spacial score (nSPS) is 18.5. The standard InChI is InChI=1S/C18H22FN3O2/c1-13-11-20-22(12-13)9-8-17(23)21-18(16-3-2-10-24-16)14-4-6-15(19)7-5-14/h4-7,11-12,16,18H,2-3,8-10H2,1H3,(H,21,23)/t16-,18-/m0/s1. The van der Waals surface area contributed by atoms with Crippen LogP contribution in [0.3, 0.4) is 0 Å². The highest BCUT2D eigenvalue weighted by atomic mass is 19.1. The molecule has 0 spiro atoms. The zero-order valence-electron chi connectivity index (χ0n) is 13.7. The Morgan fingerprint density at radius 3 is 2.88 bits per heavy atom. The van der Waals surface area contributed by atoms with Gasteiger partial charge in [-0.2, -0.15) is 5.10 Å². The molecule has 3 rings (SSSR count). The number of hydrogen-bond donors (Lipinski definition) is 1. The van der Waals surface area contributed by atoms with Crippen molar-refractivity contribution in [3.8, 4) is 0 Å². The molecule has 1 aliphatic heterocycles. The zero-order chi connectivity index (χ0) is 16.9. The number of nitrogens with one attached hydrogen (secondary N) is 1. The van der Waals surface area contributed by atoms with E-state index >= 15 is 0 Å². The predicted octanol–water partition coefficient (Wildman–Crippen LogP) is 2.76. The van der Waals surface area contributed by atoms with E-state index in [1.54, 1.807) is 23.0 Å². The van der Waals surface area contributed by atoms with Crippen LogP contribution in [0.4, 0.5) is 4.39 Å². The molecule has 5 nitrogen and oxygen atoms in total. The monoisotopic (exact) mass is 331 g/mol. The smallest absolute Gasteiger partial charge is 0.222 e. The summed E-state index contributed by atoms with van der Waals surface area (Å²) in [4.78, 5) is 12.3. The molecule has 0 saturated carbocycles. The Labute approximate surface area is 140 Å². The number of carbonyl (C=O) groups excluding carboxylic acids is 1. The van der Waals surface area contributed by atoms with Crippen molar-refractivity contribution in [2.45, 2.75) is 44.9 Å². The second-order valence-electron chi connectivity index (χ2n) is 6.18. The highest BCUT2D eigenvalue weighted by Crippen LogP contribution is 2.27. The van der Waals surface area contributed by atoms with Crippen molar-refractivity contribution < 1.29 is 13.9 Å². The zero-order valence-corrected chi connectivity index (χ0v) is 13.7. The maximum absolute atomic E-state index is 13.2. The van der Waals surface area contributed by atoms with Crippen molar-refractivity contribution in [1.29, 1.82) is 0 Å². The quantitative estimate of drug-likeness (QED) is 0.885. The van der Waals surface area contributed by atoms with E-state index < -0.39 is 0 Å². The number of carbonyl (C=O) groups is 1. The third-order valence-corrected chi connectivity index (χ3v) is 4.21. The maximum atomic E-state index is 13.2. The van der Waals surface area contributed by atoms with Crippen molar-refractivity contribution in [2.24, 2.45) is 0 Å². The summed E-state index contributed by atoms with van der Waals surface area (Å²) in [5, 5.41) is 7.23. The molecule has 2 atom stereocenters. The van der Waals surface area contributed by atoms with Gasteiger partial charge in [-0.25, -0.2) is 4.39 Å². The predicted molar refractivity (Wildman–Crippen MR) is 87.8 cm³/mol. The average molecular weight is 331 g/mol. The van der Waals surface area contributed by atoms with Crippen molar-refractivity contribution in [2.75, 3.05) is 6.61 Å². The number of rotatable bonds is 6. The van der Waals surface area contributed by atoms with Gasteiger partial charge in [-0.3, -0.25) is 9.48 Å². The summed E-state index contributed by atoms with van der Waals surface area (Å²) < 4.78 is 20.7. The minimum Gasteiger partial charge on any atom is -0.376 e. The fourth-order valence-corrected chi connectivity index (χ4v) is 2.98. The van der Waals surface area contributed by atoms with E-state index in [4.69, 9.17) is 4.74 Å². The molecule has 1 amide bonds. The van der Waals surface area contributed by atoms with Gasteiger partial charge in [0.05, 0.1) is 18.3 Å². The molecule has 24 heavy (non-hydrogen) atoms. The molecule has 1 N–H and O–H groups in total. The lowest BCUT2D eigenvalue weighted by atomic mass is 9.99. The summed E-state index contributed by atoms with van der Waals surface area (Å²) in [6, 6.07) is 5.99. The molecule has 0 bridgehead atoms. The number of nitrogens with zero attached hydrogens (tertiary/aromatic N) is 2. The molecule has 1 aromatic heterocycles. The molecule has 128 valence electrons. The van der Waals surface area contributed by atoms with Crippen LogP contribution in [0.15, 0.2) is 36.7 Å². The van der Waals surface area contributed by atoms with Gasteiger partial charge >= 0.3 is 0 Å². The minimum absolute atomic E-state index is 0.0621. The first-order valence-corrected chi connectivity index (χ1v) is 8.27. The highest BCUT2D eigenvalue weighted by molar-refractivity contribution is 5.76. The summed E-state index contributed by atoms with van der Waals surface area (Å²) in [6.07, 6.45) is 5.82. The van der Waals surface area contributed by atoms with Gasteiger partial charge < -0.3 is 10.1 Å². The maximum Gasteiger partial charge on any atom is 0.222 e. The van der Waals surface area contributed by atoms with Crippen LogP contribution in [0.1, 0.15) is 36.4 Å². The molecular formula is C18H22FN3O2. The number of aromatic nitrogens is 2. The van der Waals surface area contributed by atoms with Crippen LogP contribution in [-0.4, -0.2) is 28.4 Å². The Balaban J connectivity index is 1.64. The van der Waals surface area contributed by atoms with Crippen LogP contribution in [0.2, 0.25) is 0 Å². The third kappa shape index (κ3) is 4.20. The number of aryl methyl sites for hydroxylation is 2. The Kier molecular flexibility index (Phi) is 5.25. The van der Waals surface area contributed by atoms with E-state index in [1.807, 2.05) is 13.1 Å². The molecular weight excluding hydrogens is 309 g/mol. The van der Waals surface area contributed by atoms with Crippen molar-refractivity contribution in [3.05, 3.63) is 53.6 Å². The number of benzene rings is 1. The van der Waals surface area contributed by atoms with Crippen molar-refractivity contribution in [3.63, 3.8) is 0 Å². The number of halogens is 1. The lowest BCUT2D eigenvalue weighted by molar-refractivity contribution is -0.123. The van der Waals surface area contributed by atoms with Gasteiger partial charge in [0.1, 0.15) is 5.82 Å². The lowest BCUT2D eigenvalue weighted by Crippen LogP contribution is -2.36. The van der Waals surface area contributed by atoms with E-state index in [0.29, 0.717) is 19.6 Å². The van der Waals surface area contributed by atoms with Crippen molar-refractivity contribution in [1.82, 2.24) is 15.1 Å². The summed E-state index contributed by atoms with van der Waals surface area (Å²) in [5.74, 6) is -0.349. The van der Waals surface area contributed by atoms with E-state index in [1.165, 1.54) is 12.1 Å². The first-order valence-electron chi connectivity index (χ1n) is 8.27. The first kappa shape index (κ1) is 16.6. The van der Waals surface area contributed by atoms with Gasteiger partial charge in [0, 0.05) is 25.8 Å².